The monoisotopic (exact) mass is 1070 g/mol. The van der Waals surface area contributed by atoms with Gasteiger partial charge in [-0.3, -0.25) is 19.2 Å². The summed E-state index contributed by atoms with van der Waals surface area (Å²) >= 11 is 0. The van der Waals surface area contributed by atoms with Gasteiger partial charge in [0, 0.05) is 22.6 Å². The molecule has 7 aromatic rings. The molecule has 7 rings (SSSR count). The molecule has 404 valence electrons. The van der Waals surface area contributed by atoms with Crippen molar-refractivity contribution in [3.8, 4) is 34.1 Å². The first-order valence-corrected chi connectivity index (χ1v) is 25.2. The molecular formula is C61H56N4O14. The summed E-state index contributed by atoms with van der Waals surface area (Å²) in [6.45, 7) is 9.93. The van der Waals surface area contributed by atoms with E-state index in [0.717, 1.165) is 25.0 Å². The number of nitrogens with one attached hydrogen (secondary N) is 4. The van der Waals surface area contributed by atoms with Crippen LogP contribution >= 0.6 is 0 Å². The van der Waals surface area contributed by atoms with Crippen LogP contribution in [0.1, 0.15) is 155 Å². The first-order chi connectivity index (χ1) is 37.7. The lowest BCUT2D eigenvalue weighted by molar-refractivity contribution is 0.0677. The number of carboxylic acid groups (broad SMARTS) is 4. The Morgan fingerprint density at radius 2 is 0.696 bits per heavy atom. The highest BCUT2D eigenvalue weighted by atomic mass is 16.5. The number of anilines is 3. The zero-order valence-corrected chi connectivity index (χ0v) is 43.6. The molecule has 0 atom stereocenters. The van der Waals surface area contributed by atoms with E-state index < -0.39 is 75.3 Å². The van der Waals surface area contributed by atoms with Crippen molar-refractivity contribution in [2.45, 2.75) is 71.8 Å². The van der Waals surface area contributed by atoms with E-state index in [2.05, 4.69) is 35.1 Å². The lowest BCUT2D eigenvalue weighted by Gasteiger charge is -2.28. The first-order valence-electron chi connectivity index (χ1n) is 25.2. The Balaban J connectivity index is 1.01. The summed E-state index contributed by atoms with van der Waals surface area (Å²) in [6.07, 6.45) is 3.22. The van der Waals surface area contributed by atoms with Gasteiger partial charge in [0.1, 0.15) is 23.0 Å². The zero-order chi connectivity index (χ0) is 57.1. The van der Waals surface area contributed by atoms with Gasteiger partial charge < -0.3 is 51.2 Å². The molecule has 0 spiro atoms. The van der Waals surface area contributed by atoms with Crippen molar-refractivity contribution in [3.63, 3.8) is 0 Å². The lowest BCUT2D eigenvalue weighted by Crippen LogP contribution is -2.45. The van der Waals surface area contributed by atoms with Crippen LogP contribution < -0.4 is 30.7 Å². The number of rotatable bonds is 22. The van der Waals surface area contributed by atoms with E-state index in [0.29, 0.717) is 52.9 Å². The molecule has 0 aliphatic rings. The number of hydrogen-bond donors (Lipinski definition) is 8. The van der Waals surface area contributed by atoms with Gasteiger partial charge in [-0.25, -0.2) is 19.2 Å². The topological polar surface area (TPSA) is 284 Å². The van der Waals surface area contributed by atoms with Gasteiger partial charge in [0.15, 0.2) is 0 Å². The summed E-state index contributed by atoms with van der Waals surface area (Å²) in [6, 6.07) is 35.9. The summed E-state index contributed by atoms with van der Waals surface area (Å²) in [5, 5.41) is 50.7. The van der Waals surface area contributed by atoms with E-state index in [4.69, 9.17) is 9.47 Å². The minimum atomic E-state index is -1.61. The van der Waals surface area contributed by atoms with Crippen molar-refractivity contribution in [1.29, 1.82) is 0 Å². The van der Waals surface area contributed by atoms with Gasteiger partial charge in [-0.1, -0.05) is 52.0 Å². The van der Waals surface area contributed by atoms with Crippen molar-refractivity contribution >= 4 is 64.6 Å². The Morgan fingerprint density at radius 1 is 0.392 bits per heavy atom. The molecule has 0 aliphatic heterocycles. The molecule has 0 radical (unpaired) electrons. The highest BCUT2D eigenvalue weighted by Gasteiger charge is 2.28. The number of carboxylic acids is 4. The van der Waals surface area contributed by atoms with Crippen molar-refractivity contribution < 1.29 is 68.3 Å². The number of aromatic carboxylic acids is 4. The summed E-state index contributed by atoms with van der Waals surface area (Å²) in [7, 11) is 0. The molecule has 7 aromatic carbocycles. The maximum absolute atomic E-state index is 13.7. The van der Waals surface area contributed by atoms with Crippen molar-refractivity contribution in [1.82, 2.24) is 5.32 Å². The van der Waals surface area contributed by atoms with Gasteiger partial charge in [0.2, 0.25) is 0 Å². The largest absolute Gasteiger partial charge is 0.478 e. The van der Waals surface area contributed by atoms with Crippen LogP contribution in [0.2, 0.25) is 0 Å². The average molecular weight is 1070 g/mol. The van der Waals surface area contributed by atoms with E-state index >= 15 is 0 Å². The highest BCUT2D eigenvalue weighted by Crippen LogP contribution is 2.32. The molecule has 0 aliphatic carbocycles. The number of carbonyl (C=O) groups excluding carboxylic acids is 4. The maximum Gasteiger partial charge on any atom is 0.336 e. The standard InChI is InChI=1S/C61H56N4O14/c1-6-34(7-2)35-10-20-41(21-11-35)78-42-22-16-39(17-23-42)63-54(67)49-32-50(52(60(76)77)33-51(49)59(74)75)55(68)64-40-18-26-44(27-19-40)79-43-24-14-38(15-25-43)62-53(66)47-30-36(12-28-45(47)57(70)71)37-13-29-46(58(72)73)48(31-37)56(69)65-61(5,8-3)9-4/h10-34H,6-9H2,1-5H3,(H,62,66)(H,63,67)(H,64,68)(H,65,69)(H,70,71)(H,72,73)(H,74,75)(H,76,77). The van der Waals surface area contributed by atoms with E-state index in [-0.39, 0.29) is 39.3 Å². The van der Waals surface area contributed by atoms with Crippen molar-refractivity contribution in [2.75, 3.05) is 16.0 Å². The van der Waals surface area contributed by atoms with Crippen LogP contribution in [0.5, 0.6) is 23.0 Å². The number of benzene rings is 7. The van der Waals surface area contributed by atoms with E-state index in [1.165, 1.54) is 90.5 Å². The predicted octanol–water partition coefficient (Wildman–Crippen LogP) is 12.7. The third-order valence-electron chi connectivity index (χ3n) is 13.6. The van der Waals surface area contributed by atoms with E-state index in [1.807, 2.05) is 45.0 Å². The first kappa shape index (κ1) is 56.6. The second-order valence-electron chi connectivity index (χ2n) is 18.6. The molecule has 0 unspecified atom stereocenters. The third kappa shape index (κ3) is 13.7. The minimum absolute atomic E-state index is 0.104. The number of hydrogen-bond acceptors (Lipinski definition) is 10. The zero-order valence-electron chi connectivity index (χ0n) is 43.6. The predicted molar refractivity (Wildman–Crippen MR) is 296 cm³/mol. The third-order valence-corrected chi connectivity index (χ3v) is 13.6. The van der Waals surface area contributed by atoms with Crippen LogP contribution in [-0.2, 0) is 0 Å². The average Bonchev–Trinajstić information content (AvgIpc) is 3.54. The molecule has 0 aromatic heterocycles. The molecule has 0 saturated heterocycles. The van der Waals surface area contributed by atoms with Gasteiger partial charge in [0.05, 0.1) is 44.5 Å². The number of amides is 4. The van der Waals surface area contributed by atoms with Gasteiger partial charge >= 0.3 is 23.9 Å². The number of ether oxygens (including phenoxy) is 2. The molecule has 18 heteroatoms. The van der Waals surface area contributed by atoms with Crippen LogP contribution in [0, 0.1) is 0 Å². The smallest absolute Gasteiger partial charge is 0.336 e. The quantitative estimate of drug-likeness (QED) is 0.0313. The molecule has 0 fully saturated rings. The molecule has 8 N–H and O–H groups in total. The summed E-state index contributed by atoms with van der Waals surface area (Å²) < 4.78 is 11.9. The van der Waals surface area contributed by atoms with Crippen molar-refractivity contribution in [2.24, 2.45) is 0 Å². The molecule has 0 heterocycles. The Kier molecular flexibility index (Phi) is 17.7. The van der Waals surface area contributed by atoms with E-state index in [9.17, 15) is 58.8 Å². The highest BCUT2D eigenvalue weighted by molar-refractivity contribution is 6.17. The molecule has 0 saturated carbocycles. The SMILES string of the molecule is CCC(CC)c1ccc(Oc2ccc(NC(=O)c3cc(C(=O)Nc4ccc(Oc5ccc(NC(=O)c6cc(-c7ccc(C(=O)O)c(C(=O)NC(C)(CC)CC)c7)ccc6C(=O)O)cc5)cc4)c(C(=O)O)cc3C(=O)O)cc2)cc1. The van der Waals surface area contributed by atoms with Crippen LogP contribution in [-0.4, -0.2) is 73.5 Å². The second kappa shape index (κ2) is 24.7. The fraction of sp³-hybridized carbons (Fsp3) is 0.180. The van der Waals surface area contributed by atoms with E-state index in [1.54, 1.807) is 24.3 Å². The Morgan fingerprint density at radius 3 is 1.01 bits per heavy atom. The Labute approximate surface area is 454 Å². The Hall–Kier alpha value is -10.1. The number of carbonyl (C=O) groups is 8. The molecule has 0 bridgehead atoms. The lowest BCUT2D eigenvalue weighted by atomic mass is 9.93. The normalized spacial score (nSPS) is 11.0. The molecule has 4 amide bonds. The summed E-state index contributed by atoms with van der Waals surface area (Å²) in [4.78, 5) is 103. The Bertz CT molecular complexity index is 3480. The fourth-order valence-electron chi connectivity index (χ4n) is 8.55. The van der Waals surface area contributed by atoms with Crippen molar-refractivity contribution in [3.05, 3.63) is 196 Å². The summed E-state index contributed by atoms with van der Waals surface area (Å²) in [5.74, 6) is -7.01. The summed E-state index contributed by atoms with van der Waals surface area (Å²) in [5.41, 5.74) is -1.09. The van der Waals surface area contributed by atoms with Crippen LogP contribution in [0.25, 0.3) is 11.1 Å². The minimum Gasteiger partial charge on any atom is -0.478 e. The molecule has 18 nitrogen and oxygen atoms in total. The molecule has 79 heavy (non-hydrogen) atoms. The van der Waals surface area contributed by atoms with Crippen LogP contribution in [0.15, 0.2) is 146 Å². The molecular weight excluding hydrogens is 1010 g/mol. The van der Waals surface area contributed by atoms with Gasteiger partial charge in [-0.2, -0.15) is 0 Å². The van der Waals surface area contributed by atoms with Gasteiger partial charge in [0.25, 0.3) is 23.6 Å². The maximum atomic E-state index is 13.7. The van der Waals surface area contributed by atoms with Gasteiger partial charge in [-0.15, -0.1) is 0 Å². The fourth-order valence-corrected chi connectivity index (χ4v) is 8.55. The van der Waals surface area contributed by atoms with Crippen LogP contribution in [0.4, 0.5) is 17.1 Å². The van der Waals surface area contributed by atoms with Gasteiger partial charge in [-0.05, 0) is 177 Å². The van der Waals surface area contributed by atoms with Crippen LogP contribution in [0.3, 0.4) is 0 Å². The second-order valence-corrected chi connectivity index (χ2v) is 18.6.